The Bertz CT molecular complexity index is 1010. The molecule has 1 aromatic heterocycles. The molecule has 0 radical (unpaired) electrons. The number of hydrogen-bond acceptors (Lipinski definition) is 4. The van der Waals surface area contributed by atoms with Gasteiger partial charge in [-0.3, -0.25) is 0 Å². The number of rotatable bonds is 6. The Morgan fingerprint density at radius 1 is 0.885 bits per heavy atom. The average molecular weight is 361 g/mol. The van der Waals surface area contributed by atoms with Gasteiger partial charge in [-0.15, -0.1) is 10.2 Å². The molecule has 130 valence electrons. The number of nitrogens with zero attached hydrogens (tertiary/aromatic N) is 3. The molecule has 0 aliphatic heterocycles. The van der Waals surface area contributed by atoms with Gasteiger partial charge in [0.15, 0.2) is 11.0 Å². The van der Waals surface area contributed by atoms with E-state index in [1.54, 1.807) is 11.8 Å². The van der Waals surface area contributed by atoms with E-state index in [-0.39, 0.29) is 0 Å². The third kappa shape index (κ3) is 3.58. The standard InChI is InChI=1S/C21H19N3OS/c1-24-20(14-25-18-11-3-2-4-12-18)22-23-21(24)26-15-17-10-7-9-16-8-5-6-13-19(16)17/h2-13H,14-15H2,1H3. The van der Waals surface area contributed by atoms with E-state index in [0.717, 1.165) is 22.5 Å². The van der Waals surface area contributed by atoms with Crippen molar-refractivity contribution in [3.63, 3.8) is 0 Å². The van der Waals surface area contributed by atoms with E-state index in [1.165, 1.54) is 16.3 Å². The average Bonchev–Trinajstić information content (AvgIpc) is 3.05. The van der Waals surface area contributed by atoms with Gasteiger partial charge in [-0.2, -0.15) is 0 Å². The van der Waals surface area contributed by atoms with Crippen LogP contribution in [-0.2, 0) is 19.4 Å². The molecule has 5 heteroatoms. The molecule has 0 atom stereocenters. The van der Waals surface area contributed by atoms with Crippen molar-refractivity contribution in [2.45, 2.75) is 17.5 Å². The monoisotopic (exact) mass is 361 g/mol. The Kier molecular flexibility index (Phi) is 4.88. The molecule has 3 aromatic carbocycles. The molecule has 1 heterocycles. The molecule has 4 aromatic rings. The summed E-state index contributed by atoms with van der Waals surface area (Å²) < 4.78 is 7.77. The molecule has 0 aliphatic carbocycles. The Hall–Kier alpha value is -2.79. The molecule has 0 bridgehead atoms. The van der Waals surface area contributed by atoms with Gasteiger partial charge in [0.05, 0.1) is 0 Å². The maximum Gasteiger partial charge on any atom is 0.191 e. The lowest BCUT2D eigenvalue weighted by atomic mass is 10.1. The fourth-order valence-corrected chi connectivity index (χ4v) is 3.76. The van der Waals surface area contributed by atoms with Gasteiger partial charge in [0.2, 0.25) is 0 Å². The number of ether oxygens (including phenoxy) is 1. The van der Waals surface area contributed by atoms with Gasteiger partial charge in [0.1, 0.15) is 12.4 Å². The van der Waals surface area contributed by atoms with E-state index in [9.17, 15) is 0 Å². The highest BCUT2D eigenvalue weighted by molar-refractivity contribution is 7.98. The fourth-order valence-electron chi connectivity index (χ4n) is 2.82. The summed E-state index contributed by atoms with van der Waals surface area (Å²) in [5.41, 5.74) is 1.30. The van der Waals surface area contributed by atoms with Crippen LogP contribution in [-0.4, -0.2) is 14.8 Å². The minimum atomic E-state index is 0.405. The van der Waals surface area contributed by atoms with Crippen molar-refractivity contribution >= 4 is 22.5 Å². The Balaban J connectivity index is 1.45. The van der Waals surface area contributed by atoms with Crippen LogP contribution < -0.4 is 4.74 Å². The van der Waals surface area contributed by atoms with Crippen molar-refractivity contribution in [2.24, 2.45) is 7.05 Å². The summed E-state index contributed by atoms with van der Waals surface area (Å²) in [6, 6.07) is 24.6. The number of fused-ring (bicyclic) bond motifs is 1. The van der Waals surface area contributed by atoms with Crippen LogP contribution in [0.1, 0.15) is 11.4 Å². The third-order valence-corrected chi connectivity index (χ3v) is 5.34. The topological polar surface area (TPSA) is 39.9 Å². The van der Waals surface area contributed by atoms with Gasteiger partial charge in [-0.05, 0) is 28.5 Å². The van der Waals surface area contributed by atoms with Gasteiger partial charge in [-0.25, -0.2) is 0 Å². The fraction of sp³-hybridized carbons (Fsp3) is 0.143. The van der Waals surface area contributed by atoms with Crippen LogP contribution in [0.4, 0.5) is 0 Å². The van der Waals surface area contributed by atoms with Gasteiger partial charge >= 0.3 is 0 Å². The van der Waals surface area contributed by atoms with Crippen molar-refractivity contribution in [2.75, 3.05) is 0 Å². The summed E-state index contributed by atoms with van der Waals surface area (Å²) in [6.45, 7) is 0.405. The third-order valence-electron chi connectivity index (χ3n) is 4.27. The summed E-state index contributed by atoms with van der Waals surface area (Å²) in [5, 5.41) is 12.0. The number of thioether (sulfide) groups is 1. The van der Waals surface area contributed by atoms with Crippen molar-refractivity contribution in [3.8, 4) is 5.75 Å². The van der Waals surface area contributed by atoms with Crippen molar-refractivity contribution < 1.29 is 4.74 Å². The molecule has 4 rings (SSSR count). The number of hydrogen-bond donors (Lipinski definition) is 0. The summed E-state index contributed by atoms with van der Waals surface area (Å²) >= 11 is 1.69. The maximum absolute atomic E-state index is 5.77. The molecule has 0 amide bonds. The Morgan fingerprint density at radius 3 is 2.54 bits per heavy atom. The second-order valence-electron chi connectivity index (χ2n) is 5.99. The summed E-state index contributed by atoms with van der Waals surface area (Å²) in [7, 11) is 1.98. The van der Waals surface area contributed by atoms with Crippen LogP contribution >= 0.6 is 11.8 Å². The zero-order valence-electron chi connectivity index (χ0n) is 14.5. The molecule has 26 heavy (non-hydrogen) atoms. The maximum atomic E-state index is 5.77. The molecule has 0 saturated carbocycles. The van der Waals surface area contributed by atoms with Gasteiger partial charge in [0.25, 0.3) is 0 Å². The summed E-state index contributed by atoms with van der Waals surface area (Å²) in [5.74, 6) is 2.50. The highest BCUT2D eigenvalue weighted by Gasteiger charge is 2.11. The summed E-state index contributed by atoms with van der Waals surface area (Å²) in [4.78, 5) is 0. The first-order valence-corrected chi connectivity index (χ1v) is 9.45. The van der Waals surface area contributed by atoms with Crippen molar-refractivity contribution in [1.29, 1.82) is 0 Å². The van der Waals surface area contributed by atoms with Crippen molar-refractivity contribution in [3.05, 3.63) is 84.2 Å². The van der Waals surface area contributed by atoms with Gasteiger partial charge in [-0.1, -0.05) is 72.4 Å². The normalized spacial score (nSPS) is 11.0. The van der Waals surface area contributed by atoms with E-state index in [2.05, 4.69) is 52.7 Å². The van der Waals surface area contributed by atoms with Crippen LogP contribution in [0.5, 0.6) is 5.75 Å². The minimum Gasteiger partial charge on any atom is -0.486 e. The SMILES string of the molecule is Cn1c(COc2ccccc2)nnc1SCc1cccc2ccccc12. The molecule has 0 unspecified atom stereocenters. The molecule has 0 fully saturated rings. The quantitative estimate of drug-likeness (QED) is 0.461. The Labute approximate surface area is 156 Å². The van der Waals surface area contributed by atoms with Gasteiger partial charge in [0, 0.05) is 12.8 Å². The molecule has 4 nitrogen and oxygen atoms in total. The van der Waals surface area contributed by atoms with E-state index in [4.69, 9.17) is 4.74 Å². The van der Waals surface area contributed by atoms with Crippen LogP contribution in [0, 0.1) is 0 Å². The number of para-hydroxylation sites is 1. The first-order valence-electron chi connectivity index (χ1n) is 8.47. The van der Waals surface area contributed by atoms with Crippen molar-refractivity contribution in [1.82, 2.24) is 14.8 Å². The number of aromatic nitrogens is 3. The second kappa shape index (κ2) is 7.62. The zero-order chi connectivity index (χ0) is 17.8. The molecule has 0 spiro atoms. The first-order chi connectivity index (χ1) is 12.8. The van der Waals surface area contributed by atoms with E-state index in [1.807, 2.05) is 41.9 Å². The highest BCUT2D eigenvalue weighted by Crippen LogP contribution is 2.26. The predicted molar refractivity (Wildman–Crippen MR) is 105 cm³/mol. The predicted octanol–water partition coefficient (Wildman–Crippen LogP) is 4.84. The van der Waals surface area contributed by atoms with E-state index < -0.39 is 0 Å². The lowest BCUT2D eigenvalue weighted by Crippen LogP contribution is -2.04. The van der Waals surface area contributed by atoms with Crippen LogP contribution in [0.2, 0.25) is 0 Å². The first kappa shape index (κ1) is 16.7. The lowest BCUT2D eigenvalue weighted by molar-refractivity contribution is 0.290. The molecular formula is C21H19N3OS. The van der Waals surface area contributed by atoms with E-state index >= 15 is 0 Å². The van der Waals surface area contributed by atoms with Crippen LogP contribution in [0.25, 0.3) is 10.8 Å². The summed E-state index contributed by atoms with van der Waals surface area (Å²) in [6.07, 6.45) is 0. The lowest BCUT2D eigenvalue weighted by Gasteiger charge is -2.07. The van der Waals surface area contributed by atoms with Crippen LogP contribution in [0.15, 0.2) is 78.0 Å². The van der Waals surface area contributed by atoms with Crippen LogP contribution in [0.3, 0.4) is 0 Å². The second-order valence-corrected chi connectivity index (χ2v) is 6.93. The Morgan fingerprint density at radius 2 is 1.65 bits per heavy atom. The smallest absolute Gasteiger partial charge is 0.191 e. The minimum absolute atomic E-state index is 0.405. The molecule has 0 saturated heterocycles. The molecular weight excluding hydrogens is 342 g/mol. The molecule has 0 N–H and O–H groups in total. The number of benzene rings is 3. The largest absolute Gasteiger partial charge is 0.486 e. The molecule has 0 aliphatic rings. The highest BCUT2D eigenvalue weighted by atomic mass is 32.2. The zero-order valence-corrected chi connectivity index (χ0v) is 15.3. The van der Waals surface area contributed by atoms with E-state index in [0.29, 0.717) is 6.61 Å². The van der Waals surface area contributed by atoms with Gasteiger partial charge < -0.3 is 9.30 Å².